The molecule has 3 rings (SSSR count). The lowest BCUT2D eigenvalue weighted by atomic mass is 10.1. The predicted octanol–water partition coefficient (Wildman–Crippen LogP) is 2.39. The molecule has 24 heavy (non-hydrogen) atoms. The number of hydrogen-bond donors (Lipinski definition) is 1. The number of hydrogen-bond acceptors (Lipinski definition) is 5. The highest BCUT2D eigenvalue weighted by molar-refractivity contribution is 5.16. The zero-order valence-corrected chi connectivity index (χ0v) is 14.5. The molecule has 6 nitrogen and oxygen atoms in total. The number of likely N-dealkylation sites (tertiary alicyclic amines) is 1. The van der Waals surface area contributed by atoms with Gasteiger partial charge in [-0.25, -0.2) is 9.97 Å². The van der Waals surface area contributed by atoms with Gasteiger partial charge in [0.15, 0.2) is 0 Å². The van der Waals surface area contributed by atoms with Gasteiger partial charge in [-0.1, -0.05) is 6.07 Å². The van der Waals surface area contributed by atoms with Gasteiger partial charge in [-0.3, -0.25) is 9.69 Å². The van der Waals surface area contributed by atoms with Crippen molar-refractivity contribution in [1.82, 2.24) is 19.9 Å². The number of pyridine rings is 1. The van der Waals surface area contributed by atoms with E-state index in [9.17, 15) is 4.79 Å². The highest BCUT2D eigenvalue weighted by Crippen LogP contribution is 2.23. The zero-order valence-electron chi connectivity index (χ0n) is 14.5. The molecule has 0 bridgehead atoms. The van der Waals surface area contributed by atoms with Crippen molar-refractivity contribution in [2.75, 3.05) is 13.1 Å². The van der Waals surface area contributed by atoms with E-state index >= 15 is 0 Å². The summed E-state index contributed by atoms with van der Waals surface area (Å²) in [5, 5.41) is 0. The van der Waals surface area contributed by atoms with Gasteiger partial charge in [-0.15, -0.1) is 0 Å². The number of aromatic nitrogens is 3. The van der Waals surface area contributed by atoms with Gasteiger partial charge in [0.1, 0.15) is 11.9 Å². The van der Waals surface area contributed by atoms with Crippen molar-refractivity contribution >= 4 is 0 Å². The minimum Gasteiger partial charge on any atom is -0.474 e. The van der Waals surface area contributed by atoms with Gasteiger partial charge in [-0.2, -0.15) is 0 Å². The van der Waals surface area contributed by atoms with Crippen LogP contribution in [0.15, 0.2) is 29.2 Å². The van der Waals surface area contributed by atoms with Gasteiger partial charge < -0.3 is 9.72 Å². The molecule has 1 aliphatic rings. The molecular formula is C18H24N4O2. The predicted molar refractivity (Wildman–Crippen MR) is 92.2 cm³/mol. The van der Waals surface area contributed by atoms with Gasteiger partial charge in [0.2, 0.25) is 5.88 Å². The molecule has 1 saturated heterocycles. The quantitative estimate of drug-likeness (QED) is 0.933. The molecule has 1 N–H and O–H groups in total. The Labute approximate surface area is 141 Å². The van der Waals surface area contributed by atoms with Crippen LogP contribution in [0.2, 0.25) is 0 Å². The summed E-state index contributed by atoms with van der Waals surface area (Å²) in [6.07, 6.45) is 3.89. The van der Waals surface area contributed by atoms with Crippen LogP contribution in [-0.2, 0) is 0 Å². The molecular weight excluding hydrogens is 304 g/mol. The maximum atomic E-state index is 11.6. The third-order valence-electron chi connectivity index (χ3n) is 4.48. The van der Waals surface area contributed by atoms with Crippen molar-refractivity contribution in [1.29, 1.82) is 0 Å². The first kappa shape index (κ1) is 16.6. The SMILES string of the molecule is Cc1ccc(OC2CCN(C(C)c3nc(C)cc(=O)[nH]3)CC2)nc1. The summed E-state index contributed by atoms with van der Waals surface area (Å²) in [6, 6.07) is 5.55. The summed E-state index contributed by atoms with van der Waals surface area (Å²) < 4.78 is 5.97. The molecule has 1 unspecified atom stereocenters. The van der Waals surface area contributed by atoms with Gasteiger partial charge in [-0.05, 0) is 39.2 Å². The lowest BCUT2D eigenvalue weighted by molar-refractivity contribution is 0.0745. The van der Waals surface area contributed by atoms with Crippen LogP contribution in [0.25, 0.3) is 0 Å². The smallest absolute Gasteiger partial charge is 0.251 e. The summed E-state index contributed by atoms with van der Waals surface area (Å²) >= 11 is 0. The summed E-state index contributed by atoms with van der Waals surface area (Å²) in [4.78, 5) is 25.6. The molecule has 128 valence electrons. The molecule has 1 atom stereocenters. The Kier molecular flexibility index (Phi) is 4.94. The Bertz CT molecular complexity index is 733. The third kappa shape index (κ3) is 4.00. The highest BCUT2D eigenvalue weighted by atomic mass is 16.5. The number of nitrogens with zero attached hydrogens (tertiary/aromatic N) is 3. The lowest BCUT2D eigenvalue weighted by Gasteiger charge is -2.35. The zero-order chi connectivity index (χ0) is 17.1. The summed E-state index contributed by atoms with van der Waals surface area (Å²) in [7, 11) is 0. The van der Waals surface area contributed by atoms with Crippen molar-refractivity contribution in [2.45, 2.75) is 45.8 Å². The van der Waals surface area contributed by atoms with Crippen LogP contribution in [0.1, 0.15) is 42.9 Å². The first-order valence-electron chi connectivity index (χ1n) is 8.42. The number of ether oxygens (including phenoxy) is 1. The van der Waals surface area contributed by atoms with Crippen LogP contribution in [0, 0.1) is 13.8 Å². The first-order valence-corrected chi connectivity index (χ1v) is 8.42. The Balaban J connectivity index is 1.58. The molecule has 1 aliphatic heterocycles. The van der Waals surface area contributed by atoms with E-state index < -0.39 is 0 Å². The molecule has 0 aliphatic carbocycles. The standard InChI is InChI=1S/C18H24N4O2/c1-12-4-5-17(19-11-12)24-15-6-8-22(9-7-15)14(3)18-20-13(2)10-16(23)21-18/h4-5,10-11,14-15H,6-9H2,1-3H3,(H,20,21,23). The number of H-pyrrole nitrogens is 1. The van der Waals surface area contributed by atoms with Crippen LogP contribution in [0.4, 0.5) is 0 Å². The Morgan fingerprint density at radius 2 is 2.04 bits per heavy atom. The molecule has 6 heteroatoms. The molecule has 1 fully saturated rings. The highest BCUT2D eigenvalue weighted by Gasteiger charge is 2.26. The maximum Gasteiger partial charge on any atom is 0.251 e. The molecule has 0 saturated carbocycles. The van der Waals surface area contributed by atoms with Gasteiger partial charge in [0.25, 0.3) is 5.56 Å². The van der Waals surface area contributed by atoms with Gasteiger partial charge in [0.05, 0.1) is 6.04 Å². The number of nitrogens with one attached hydrogen (secondary N) is 1. The fourth-order valence-electron chi connectivity index (χ4n) is 3.05. The maximum absolute atomic E-state index is 11.6. The summed E-state index contributed by atoms with van der Waals surface area (Å²) in [5.41, 5.74) is 1.79. The molecule has 0 spiro atoms. The van der Waals surface area contributed by atoms with E-state index in [1.807, 2.05) is 32.2 Å². The first-order chi connectivity index (χ1) is 11.5. The molecule has 2 aromatic rings. The fraction of sp³-hybridized carbons (Fsp3) is 0.500. The Morgan fingerprint density at radius 3 is 2.67 bits per heavy atom. The van der Waals surface area contributed by atoms with Crippen LogP contribution in [0.5, 0.6) is 5.88 Å². The Morgan fingerprint density at radius 1 is 1.29 bits per heavy atom. The van der Waals surface area contributed by atoms with E-state index in [0.29, 0.717) is 5.88 Å². The number of rotatable bonds is 4. The second-order valence-corrected chi connectivity index (χ2v) is 6.47. The molecule has 2 aromatic heterocycles. The van der Waals surface area contributed by atoms with Crippen molar-refractivity contribution in [3.63, 3.8) is 0 Å². The number of aromatic amines is 1. The summed E-state index contributed by atoms with van der Waals surface area (Å²) in [6.45, 7) is 7.77. The largest absolute Gasteiger partial charge is 0.474 e. The average Bonchev–Trinajstić information content (AvgIpc) is 2.56. The second kappa shape index (κ2) is 7.13. The lowest BCUT2D eigenvalue weighted by Crippen LogP contribution is -2.40. The van der Waals surface area contributed by atoms with Crippen molar-refractivity contribution < 1.29 is 4.74 Å². The van der Waals surface area contributed by atoms with Crippen LogP contribution >= 0.6 is 0 Å². The molecule has 0 aromatic carbocycles. The van der Waals surface area contributed by atoms with Gasteiger partial charge in [0, 0.05) is 37.1 Å². The number of piperidine rings is 1. The molecule has 0 amide bonds. The van der Waals surface area contributed by atoms with Gasteiger partial charge >= 0.3 is 0 Å². The van der Waals surface area contributed by atoms with E-state index in [1.54, 1.807) is 0 Å². The molecule has 3 heterocycles. The van der Waals surface area contributed by atoms with Crippen molar-refractivity contribution in [3.8, 4) is 5.88 Å². The van der Waals surface area contributed by atoms with Crippen LogP contribution < -0.4 is 10.3 Å². The van der Waals surface area contributed by atoms with E-state index in [2.05, 4.69) is 26.8 Å². The number of aryl methyl sites for hydroxylation is 2. The second-order valence-electron chi connectivity index (χ2n) is 6.47. The minimum atomic E-state index is -0.0898. The normalized spacial score (nSPS) is 17.6. The van der Waals surface area contributed by atoms with E-state index in [1.165, 1.54) is 6.07 Å². The minimum absolute atomic E-state index is 0.0898. The average molecular weight is 328 g/mol. The topological polar surface area (TPSA) is 71.1 Å². The van der Waals surface area contributed by atoms with E-state index in [4.69, 9.17) is 4.74 Å². The third-order valence-corrected chi connectivity index (χ3v) is 4.48. The Hall–Kier alpha value is -2.21. The van der Waals surface area contributed by atoms with Crippen molar-refractivity contribution in [2.24, 2.45) is 0 Å². The van der Waals surface area contributed by atoms with Crippen molar-refractivity contribution in [3.05, 3.63) is 51.8 Å². The van der Waals surface area contributed by atoms with Crippen LogP contribution in [-0.4, -0.2) is 39.0 Å². The monoisotopic (exact) mass is 328 g/mol. The van der Waals surface area contributed by atoms with E-state index in [0.717, 1.165) is 43.0 Å². The summed E-state index contributed by atoms with van der Waals surface area (Å²) in [5.74, 6) is 1.43. The van der Waals surface area contributed by atoms with E-state index in [-0.39, 0.29) is 17.7 Å². The van der Waals surface area contributed by atoms with Crippen LogP contribution in [0.3, 0.4) is 0 Å². The molecule has 0 radical (unpaired) electrons. The fourth-order valence-corrected chi connectivity index (χ4v) is 3.05.